The molecule has 0 fully saturated rings. The monoisotopic (exact) mass is 288 g/mol. The van der Waals surface area contributed by atoms with Crippen molar-refractivity contribution in [2.75, 3.05) is 5.32 Å². The lowest BCUT2D eigenvalue weighted by Gasteiger charge is -2.17. The smallest absolute Gasteiger partial charge is 0.167 e. The zero-order valence-corrected chi connectivity index (χ0v) is 14.0. The summed E-state index contributed by atoms with van der Waals surface area (Å²) in [6.07, 6.45) is 5.14. The van der Waals surface area contributed by atoms with E-state index in [2.05, 4.69) is 49.3 Å². The summed E-state index contributed by atoms with van der Waals surface area (Å²) in [6.45, 7) is 10.7. The Labute approximate surface area is 129 Å². The number of nitrogens with one attached hydrogen (secondary N) is 1. The van der Waals surface area contributed by atoms with Crippen LogP contribution < -0.4 is 5.32 Å². The maximum absolute atomic E-state index is 9.45. The molecule has 0 aliphatic heterocycles. The van der Waals surface area contributed by atoms with Crippen molar-refractivity contribution in [1.29, 1.82) is 5.26 Å². The van der Waals surface area contributed by atoms with Gasteiger partial charge in [-0.15, -0.1) is 5.10 Å². The van der Waals surface area contributed by atoms with E-state index in [0.29, 0.717) is 17.4 Å². The molecule has 1 heterocycles. The fourth-order valence-corrected chi connectivity index (χ4v) is 2.53. The van der Waals surface area contributed by atoms with Crippen LogP contribution >= 0.6 is 0 Å². The molecule has 1 N–H and O–H groups in total. The van der Waals surface area contributed by atoms with E-state index in [1.807, 2.05) is 6.92 Å². The molecule has 0 saturated heterocycles. The molecular formula is C17H28N4. The number of hydrogen-bond donors (Lipinski definition) is 1. The van der Waals surface area contributed by atoms with Gasteiger partial charge in [-0.3, -0.25) is 0 Å². The van der Waals surface area contributed by atoms with Crippen LogP contribution in [0.5, 0.6) is 0 Å². The van der Waals surface area contributed by atoms with Crippen molar-refractivity contribution in [3.05, 3.63) is 16.8 Å². The summed E-state index contributed by atoms with van der Waals surface area (Å²) in [4.78, 5) is 0. The highest BCUT2D eigenvalue weighted by Crippen LogP contribution is 2.21. The van der Waals surface area contributed by atoms with E-state index in [0.717, 1.165) is 36.4 Å². The Bertz CT molecular complexity index is 488. The topological polar surface area (TPSA) is 61.6 Å². The van der Waals surface area contributed by atoms with Crippen molar-refractivity contribution in [3.63, 3.8) is 0 Å². The number of rotatable bonds is 8. The standard InChI is InChI=1S/C17H28N4/c1-6-14-15(11-18)17(21-20-16(14)7-2)19-13(5)10-8-9-12(3)4/h12-13H,6-10H2,1-5H3,(H,19,21). The van der Waals surface area contributed by atoms with Crippen LogP contribution in [-0.2, 0) is 12.8 Å². The van der Waals surface area contributed by atoms with Crippen LogP contribution in [0.15, 0.2) is 0 Å². The van der Waals surface area contributed by atoms with Crippen molar-refractivity contribution in [2.45, 2.75) is 72.8 Å². The third-order valence-electron chi connectivity index (χ3n) is 3.76. The summed E-state index contributed by atoms with van der Waals surface area (Å²) in [5.41, 5.74) is 2.64. The summed E-state index contributed by atoms with van der Waals surface area (Å²) in [5, 5.41) is 21.3. The number of nitriles is 1. The lowest BCUT2D eigenvalue weighted by molar-refractivity contribution is 0.519. The van der Waals surface area contributed by atoms with Gasteiger partial charge in [0.25, 0.3) is 0 Å². The van der Waals surface area contributed by atoms with Crippen LogP contribution in [0.1, 0.15) is 70.7 Å². The first-order valence-corrected chi connectivity index (χ1v) is 8.08. The number of anilines is 1. The van der Waals surface area contributed by atoms with Gasteiger partial charge in [-0.25, -0.2) is 0 Å². The number of aromatic nitrogens is 2. The zero-order valence-electron chi connectivity index (χ0n) is 14.0. The van der Waals surface area contributed by atoms with Crippen LogP contribution in [0.25, 0.3) is 0 Å². The minimum atomic E-state index is 0.308. The predicted molar refractivity (Wildman–Crippen MR) is 87.3 cm³/mol. The number of aryl methyl sites for hydroxylation is 1. The Morgan fingerprint density at radius 1 is 1.10 bits per heavy atom. The predicted octanol–water partition coefficient (Wildman–Crippen LogP) is 4.10. The van der Waals surface area contributed by atoms with Crippen molar-refractivity contribution in [2.24, 2.45) is 5.92 Å². The molecule has 1 unspecified atom stereocenters. The van der Waals surface area contributed by atoms with Gasteiger partial charge < -0.3 is 5.32 Å². The molecule has 1 rings (SSSR count). The van der Waals surface area contributed by atoms with E-state index >= 15 is 0 Å². The minimum absolute atomic E-state index is 0.308. The fourth-order valence-electron chi connectivity index (χ4n) is 2.53. The Balaban J connectivity index is 2.81. The highest BCUT2D eigenvalue weighted by atomic mass is 15.2. The van der Waals surface area contributed by atoms with Gasteiger partial charge in [-0.05, 0) is 37.7 Å². The van der Waals surface area contributed by atoms with Gasteiger partial charge in [-0.2, -0.15) is 10.4 Å². The molecule has 116 valence electrons. The van der Waals surface area contributed by atoms with E-state index in [4.69, 9.17) is 0 Å². The second-order valence-corrected chi connectivity index (χ2v) is 6.04. The van der Waals surface area contributed by atoms with Gasteiger partial charge in [0.1, 0.15) is 11.6 Å². The summed E-state index contributed by atoms with van der Waals surface area (Å²) < 4.78 is 0. The van der Waals surface area contributed by atoms with E-state index < -0.39 is 0 Å². The van der Waals surface area contributed by atoms with Crippen LogP contribution in [0.3, 0.4) is 0 Å². The molecule has 0 aliphatic carbocycles. The first kappa shape index (κ1) is 17.4. The molecule has 0 amide bonds. The molecule has 0 aliphatic rings. The van der Waals surface area contributed by atoms with Gasteiger partial charge in [0.15, 0.2) is 5.82 Å². The average Bonchev–Trinajstić information content (AvgIpc) is 2.46. The molecule has 0 saturated carbocycles. The molecule has 0 spiro atoms. The van der Waals surface area contributed by atoms with E-state index in [1.165, 1.54) is 12.8 Å². The summed E-state index contributed by atoms with van der Waals surface area (Å²) in [5.74, 6) is 1.38. The summed E-state index contributed by atoms with van der Waals surface area (Å²) in [7, 11) is 0. The molecule has 4 heteroatoms. The van der Waals surface area contributed by atoms with Crippen molar-refractivity contribution in [3.8, 4) is 6.07 Å². The maximum atomic E-state index is 9.45. The molecule has 0 bridgehead atoms. The maximum Gasteiger partial charge on any atom is 0.167 e. The zero-order chi connectivity index (χ0) is 15.8. The molecular weight excluding hydrogens is 260 g/mol. The Kier molecular flexibility index (Phi) is 7.14. The van der Waals surface area contributed by atoms with E-state index in [1.54, 1.807) is 0 Å². The van der Waals surface area contributed by atoms with Crippen LogP contribution in [0.4, 0.5) is 5.82 Å². The van der Waals surface area contributed by atoms with Crippen LogP contribution in [0.2, 0.25) is 0 Å². The third kappa shape index (κ3) is 5.00. The second kappa shape index (κ2) is 8.61. The van der Waals surface area contributed by atoms with Crippen molar-refractivity contribution < 1.29 is 0 Å². The average molecular weight is 288 g/mol. The van der Waals surface area contributed by atoms with Gasteiger partial charge in [0.2, 0.25) is 0 Å². The second-order valence-electron chi connectivity index (χ2n) is 6.04. The molecule has 0 radical (unpaired) electrons. The largest absolute Gasteiger partial charge is 0.365 e. The first-order valence-electron chi connectivity index (χ1n) is 8.08. The van der Waals surface area contributed by atoms with Crippen molar-refractivity contribution in [1.82, 2.24) is 10.2 Å². The Morgan fingerprint density at radius 3 is 2.33 bits per heavy atom. The Hall–Kier alpha value is -1.63. The van der Waals surface area contributed by atoms with Gasteiger partial charge in [-0.1, -0.05) is 40.5 Å². The lowest BCUT2D eigenvalue weighted by Crippen LogP contribution is -2.19. The molecule has 1 atom stereocenters. The van der Waals surface area contributed by atoms with Crippen molar-refractivity contribution >= 4 is 5.82 Å². The SMILES string of the molecule is CCc1nnc(NC(C)CCCC(C)C)c(C#N)c1CC. The van der Waals surface area contributed by atoms with Crippen LogP contribution in [0, 0.1) is 17.2 Å². The number of hydrogen-bond acceptors (Lipinski definition) is 4. The molecule has 4 nitrogen and oxygen atoms in total. The third-order valence-corrected chi connectivity index (χ3v) is 3.76. The van der Waals surface area contributed by atoms with E-state index in [-0.39, 0.29) is 0 Å². The highest BCUT2D eigenvalue weighted by Gasteiger charge is 2.15. The molecule has 1 aromatic heterocycles. The van der Waals surface area contributed by atoms with Gasteiger partial charge in [0.05, 0.1) is 5.69 Å². The normalized spacial score (nSPS) is 12.2. The summed E-state index contributed by atoms with van der Waals surface area (Å²) in [6, 6.07) is 2.61. The Morgan fingerprint density at radius 2 is 1.81 bits per heavy atom. The van der Waals surface area contributed by atoms with Crippen LogP contribution in [-0.4, -0.2) is 16.2 Å². The quantitative estimate of drug-likeness (QED) is 0.782. The molecule has 1 aromatic rings. The summed E-state index contributed by atoms with van der Waals surface area (Å²) >= 11 is 0. The minimum Gasteiger partial charge on any atom is -0.365 e. The molecule has 0 aromatic carbocycles. The van der Waals surface area contributed by atoms with Gasteiger partial charge >= 0.3 is 0 Å². The lowest BCUT2D eigenvalue weighted by atomic mass is 10.0. The van der Waals surface area contributed by atoms with E-state index in [9.17, 15) is 5.26 Å². The van der Waals surface area contributed by atoms with Gasteiger partial charge in [0, 0.05) is 6.04 Å². The fraction of sp³-hybridized carbons (Fsp3) is 0.706. The highest BCUT2D eigenvalue weighted by molar-refractivity contribution is 5.56. The number of nitrogens with zero attached hydrogens (tertiary/aromatic N) is 3. The first-order chi connectivity index (χ1) is 10.0. The molecule has 21 heavy (non-hydrogen) atoms.